The summed E-state index contributed by atoms with van der Waals surface area (Å²) in [6, 6.07) is -0.367. The molecule has 1 heterocycles. The topological polar surface area (TPSA) is 40.6 Å². The third kappa shape index (κ3) is 1.82. The van der Waals surface area contributed by atoms with Crippen LogP contribution in [0.3, 0.4) is 0 Å². The van der Waals surface area contributed by atoms with E-state index in [4.69, 9.17) is 23.2 Å². The number of hydrogen-bond donors (Lipinski definition) is 0. The van der Waals surface area contributed by atoms with Crippen molar-refractivity contribution >= 4 is 35.0 Å². The second-order valence-corrected chi connectivity index (χ2v) is 6.68. The Morgan fingerprint density at radius 2 is 2.06 bits per heavy atom. The molecule has 1 saturated heterocycles. The molecule has 0 radical (unpaired) electrons. The summed E-state index contributed by atoms with van der Waals surface area (Å²) in [4.78, 5) is 27.2. The molecule has 6 heteroatoms. The summed E-state index contributed by atoms with van der Waals surface area (Å²) in [7, 11) is 3.39. The normalized spacial score (nSPS) is 35.0. The average molecular weight is 279 g/mol. The molecule has 0 spiro atoms. The first-order valence-electron chi connectivity index (χ1n) is 5.61. The van der Waals surface area contributed by atoms with Crippen molar-refractivity contribution in [3.05, 3.63) is 0 Å². The predicted molar refractivity (Wildman–Crippen MR) is 66.0 cm³/mol. The van der Waals surface area contributed by atoms with Gasteiger partial charge in [-0.1, -0.05) is 0 Å². The van der Waals surface area contributed by atoms with Crippen LogP contribution in [-0.4, -0.2) is 52.6 Å². The zero-order valence-electron chi connectivity index (χ0n) is 10.2. The van der Waals surface area contributed by atoms with Crippen LogP contribution in [0.2, 0.25) is 0 Å². The number of alkyl halides is 2. The van der Waals surface area contributed by atoms with Crippen LogP contribution in [0.1, 0.15) is 19.8 Å². The molecule has 2 atom stereocenters. The van der Waals surface area contributed by atoms with Gasteiger partial charge in [0, 0.05) is 20.6 Å². The molecule has 0 aromatic carbocycles. The first-order chi connectivity index (χ1) is 7.71. The second kappa shape index (κ2) is 3.75. The van der Waals surface area contributed by atoms with Gasteiger partial charge in [0.2, 0.25) is 11.8 Å². The first kappa shape index (κ1) is 13.0. The van der Waals surface area contributed by atoms with Crippen LogP contribution >= 0.6 is 23.2 Å². The minimum atomic E-state index is -0.980. The summed E-state index contributed by atoms with van der Waals surface area (Å²) in [6.45, 7) is 2.43. The largest absolute Gasteiger partial charge is 0.344 e. The lowest BCUT2D eigenvalue weighted by Crippen LogP contribution is -2.45. The molecular formula is C11H16Cl2N2O2. The molecule has 1 aliphatic carbocycles. The van der Waals surface area contributed by atoms with Crippen molar-refractivity contribution in [2.45, 2.75) is 30.1 Å². The maximum atomic E-state index is 12.3. The quantitative estimate of drug-likeness (QED) is 0.714. The number of likely N-dealkylation sites (N-methyl/N-ethyl adjacent to an activating group) is 2. The Kier molecular flexibility index (Phi) is 2.86. The fourth-order valence-corrected chi connectivity index (χ4v) is 3.02. The molecule has 0 bridgehead atoms. The lowest BCUT2D eigenvalue weighted by atomic mass is 10.1. The Labute approximate surface area is 111 Å². The SMILES string of the molecule is CN1CC[C@H](N(C)C(=O)[C@@]2(C)CC2(Cl)Cl)C1=O. The van der Waals surface area contributed by atoms with Crippen molar-refractivity contribution < 1.29 is 9.59 Å². The van der Waals surface area contributed by atoms with Crippen molar-refractivity contribution in [2.75, 3.05) is 20.6 Å². The van der Waals surface area contributed by atoms with Crippen molar-refractivity contribution in [3.63, 3.8) is 0 Å². The summed E-state index contributed by atoms with van der Waals surface area (Å²) in [6.07, 6.45) is 1.12. The van der Waals surface area contributed by atoms with Gasteiger partial charge in [-0.05, 0) is 19.8 Å². The van der Waals surface area contributed by atoms with Gasteiger partial charge >= 0.3 is 0 Å². The van der Waals surface area contributed by atoms with E-state index in [0.717, 1.165) is 0 Å². The van der Waals surface area contributed by atoms with Gasteiger partial charge in [-0.25, -0.2) is 0 Å². The zero-order chi connectivity index (χ0) is 13.0. The maximum absolute atomic E-state index is 12.3. The second-order valence-electron chi connectivity index (χ2n) is 5.19. The van der Waals surface area contributed by atoms with Crippen molar-refractivity contribution in [1.82, 2.24) is 9.80 Å². The summed E-state index contributed by atoms with van der Waals surface area (Å²) in [5.41, 5.74) is -0.744. The van der Waals surface area contributed by atoms with Gasteiger partial charge in [-0.3, -0.25) is 9.59 Å². The number of halogens is 2. The van der Waals surface area contributed by atoms with E-state index < -0.39 is 9.75 Å². The highest BCUT2D eigenvalue weighted by Gasteiger charge is 2.69. The monoisotopic (exact) mass is 278 g/mol. The Balaban J connectivity index is 2.09. The first-order valence-corrected chi connectivity index (χ1v) is 6.36. The Hall–Kier alpha value is -0.480. The van der Waals surface area contributed by atoms with E-state index in [9.17, 15) is 9.59 Å². The highest BCUT2D eigenvalue weighted by Crippen LogP contribution is 2.64. The van der Waals surface area contributed by atoms with Crippen LogP contribution in [0.5, 0.6) is 0 Å². The molecule has 2 aliphatic rings. The molecule has 1 aliphatic heterocycles. The molecule has 0 unspecified atom stereocenters. The van der Waals surface area contributed by atoms with Crippen LogP contribution in [0, 0.1) is 5.41 Å². The van der Waals surface area contributed by atoms with Crippen molar-refractivity contribution in [1.29, 1.82) is 0 Å². The Bertz CT molecular complexity index is 386. The third-order valence-electron chi connectivity index (χ3n) is 3.92. The fourth-order valence-electron chi connectivity index (χ4n) is 2.33. The zero-order valence-corrected chi connectivity index (χ0v) is 11.7. The summed E-state index contributed by atoms with van der Waals surface area (Å²) < 4.78 is -0.980. The van der Waals surface area contributed by atoms with E-state index in [2.05, 4.69) is 0 Å². The van der Waals surface area contributed by atoms with Gasteiger partial charge in [0.05, 0.1) is 5.41 Å². The van der Waals surface area contributed by atoms with Gasteiger partial charge in [0.15, 0.2) is 0 Å². The molecule has 0 aromatic rings. The number of amides is 2. The Morgan fingerprint density at radius 1 is 1.53 bits per heavy atom. The predicted octanol–water partition coefficient (Wildman–Crippen LogP) is 1.26. The number of rotatable bonds is 2. The minimum absolute atomic E-state index is 0.0140. The minimum Gasteiger partial charge on any atom is -0.344 e. The summed E-state index contributed by atoms with van der Waals surface area (Å²) >= 11 is 12.0. The molecule has 2 amide bonds. The van der Waals surface area contributed by atoms with Gasteiger partial charge in [-0.2, -0.15) is 0 Å². The molecular weight excluding hydrogens is 263 g/mol. The molecule has 17 heavy (non-hydrogen) atoms. The van der Waals surface area contributed by atoms with E-state index in [1.165, 1.54) is 4.90 Å². The van der Waals surface area contributed by atoms with E-state index in [0.29, 0.717) is 19.4 Å². The van der Waals surface area contributed by atoms with Gasteiger partial charge in [-0.15, -0.1) is 23.2 Å². The molecule has 2 rings (SSSR count). The maximum Gasteiger partial charge on any atom is 0.245 e. The smallest absolute Gasteiger partial charge is 0.245 e. The lowest BCUT2D eigenvalue weighted by molar-refractivity contribution is -0.143. The van der Waals surface area contributed by atoms with Crippen LogP contribution < -0.4 is 0 Å². The molecule has 1 saturated carbocycles. The molecule has 96 valence electrons. The van der Waals surface area contributed by atoms with Crippen LogP contribution in [0.15, 0.2) is 0 Å². The number of nitrogens with zero attached hydrogens (tertiary/aromatic N) is 2. The highest BCUT2D eigenvalue weighted by atomic mass is 35.5. The average Bonchev–Trinajstić information content (AvgIpc) is 2.58. The van der Waals surface area contributed by atoms with Gasteiger partial charge in [0.25, 0.3) is 0 Å². The molecule has 0 N–H and O–H groups in total. The van der Waals surface area contributed by atoms with Crippen molar-refractivity contribution in [2.24, 2.45) is 5.41 Å². The number of carbonyl (C=O) groups is 2. The number of hydrogen-bond acceptors (Lipinski definition) is 2. The van der Waals surface area contributed by atoms with Gasteiger partial charge in [0.1, 0.15) is 10.4 Å². The number of likely N-dealkylation sites (tertiary alicyclic amines) is 1. The summed E-state index contributed by atoms with van der Waals surface area (Å²) in [5, 5.41) is 0. The van der Waals surface area contributed by atoms with E-state index in [-0.39, 0.29) is 17.9 Å². The fraction of sp³-hybridized carbons (Fsp3) is 0.818. The third-order valence-corrected chi connectivity index (χ3v) is 5.02. The lowest BCUT2D eigenvalue weighted by Gasteiger charge is -2.26. The van der Waals surface area contributed by atoms with Crippen molar-refractivity contribution in [3.8, 4) is 0 Å². The Morgan fingerprint density at radius 3 is 2.41 bits per heavy atom. The van der Waals surface area contributed by atoms with E-state index in [1.54, 1.807) is 25.9 Å². The molecule has 4 nitrogen and oxygen atoms in total. The van der Waals surface area contributed by atoms with Gasteiger partial charge < -0.3 is 9.80 Å². The molecule has 2 fully saturated rings. The summed E-state index contributed by atoms with van der Waals surface area (Å²) in [5.74, 6) is -0.156. The van der Waals surface area contributed by atoms with Crippen LogP contribution in [-0.2, 0) is 9.59 Å². The highest BCUT2D eigenvalue weighted by molar-refractivity contribution is 6.53. The van der Waals surface area contributed by atoms with E-state index >= 15 is 0 Å². The standard InChI is InChI=1S/C11H16Cl2N2O2/c1-10(6-11(10,12)13)9(17)15(3)7-4-5-14(2)8(7)16/h7H,4-6H2,1-3H3/t7-,10+/m0/s1. The van der Waals surface area contributed by atoms with Crippen LogP contribution in [0.25, 0.3) is 0 Å². The molecule has 0 aromatic heterocycles. The number of carbonyl (C=O) groups excluding carboxylic acids is 2. The van der Waals surface area contributed by atoms with E-state index in [1.807, 2.05) is 0 Å². The van der Waals surface area contributed by atoms with Crippen LogP contribution in [0.4, 0.5) is 0 Å².